The fourth-order valence-electron chi connectivity index (χ4n) is 3.09. The number of benzene rings is 1. The summed E-state index contributed by atoms with van der Waals surface area (Å²) in [7, 11) is 0. The molecule has 0 amide bonds. The van der Waals surface area contributed by atoms with E-state index in [9.17, 15) is 14.9 Å². The zero-order valence-electron chi connectivity index (χ0n) is 13.3. The van der Waals surface area contributed by atoms with Crippen molar-refractivity contribution in [3.63, 3.8) is 0 Å². The molecule has 3 rings (SSSR count). The number of pyridine rings is 1. The van der Waals surface area contributed by atoms with Crippen molar-refractivity contribution >= 4 is 6.47 Å². The molecule has 122 valence electrons. The standard InChI is InChI=1S/C18H16N2O4/c1-18(2)17(23-11-21)16(20-8-4-3-5-15(20)22)13-9-12(10-19)6-7-14(13)24-18/h3-9,11,16-17H,1-2H3. The first-order valence-electron chi connectivity index (χ1n) is 7.47. The summed E-state index contributed by atoms with van der Waals surface area (Å²) in [6.45, 7) is 3.95. The van der Waals surface area contributed by atoms with Crippen LogP contribution in [-0.2, 0) is 9.53 Å². The Bertz CT molecular complexity index is 879. The quantitative estimate of drug-likeness (QED) is 0.807. The zero-order valence-corrected chi connectivity index (χ0v) is 13.3. The van der Waals surface area contributed by atoms with Gasteiger partial charge < -0.3 is 14.0 Å². The Labute approximate surface area is 138 Å². The predicted molar refractivity (Wildman–Crippen MR) is 85.6 cm³/mol. The SMILES string of the molecule is CC1(C)Oc2ccc(C#N)cc2C(n2ccccc2=O)C1OC=O. The highest BCUT2D eigenvalue weighted by Gasteiger charge is 2.46. The van der Waals surface area contributed by atoms with Crippen LogP contribution in [0.15, 0.2) is 47.4 Å². The minimum Gasteiger partial charge on any atom is -0.484 e. The third-order valence-corrected chi connectivity index (χ3v) is 4.16. The number of hydrogen-bond acceptors (Lipinski definition) is 5. The summed E-state index contributed by atoms with van der Waals surface area (Å²) in [5, 5.41) is 9.18. The summed E-state index contributed by atoms with van der Waals surface area (Å²) < 4.78 is 12.8. The van der Waals surface area contributed by atoms with Crippen LogP contribution in [0.3, 0.4) is 0 Å². The lowest BCUT2D eigenvalue weighted by Crippen LogP contribution is -2.53. The molecule has 2 atom stereocenters. The Kier molecular flexibility index (Phi) is 3.86. The van der Waals surface area contributed by atoms with Gasteiger partial charge >= 0.3 is 0 Å². The molecule has 0 saturated heterocycles. The Morgan fingerprint density at radius 3 is 2.79 bits per heavy atom. The molecule has 1 aliphatic rings. The molecule has 0 saturated carbocycles. The Morgan fingerprint density at radius 2 is 2.12 bits per heavy atom. The number of carbonyl (C=O) groups is 1. The molecule has 2 aromatic rings. The topological polar surface area (TPSA) is 81.3 Å². The number of nitriles is 1. The molecule has 1 aliphatic heterocycles. The van der Waals surface area contributed by atoms with E-state index in [-0.39, 0.29) is 5.56 Å². The number of fused-ring (bicyclic) bond motifs is 1. The third-order valence-electron chi connectivity index (χ3n) is 4.16. The third kappa shape index (κ3) is 2.54. The lowest BCUT2D eigenvalue weighted by molar-refractivity contribution is -0.150. The fraction of sp³-hybridized carbons (Fsp3) is 0.278. The van der Waals surface area contributed by atoms with Gasteiger partial charge in [-0.05, 0) is 38.1 Å². The first-order valence-corrected chi connectivity index (χ1v) is 7.47. The molecule has 0 spiro atoms. The van der Waals surface area contributed by atoms with Crippen LogP contribution < -0.4 is 10.3 Å². The van der Waals surface area contributed by atoms with Gasteiger partial charge in [0.15, 0.2) is 6.10 Å². The van der Waals surface area contributed by atoms with Crippen molar-refractivity contribution in [2.24, 2.45) is 0 Å². The second-order valence-corrected chi connectivity index (χ2v) is 6.11. The normalized spacial score (nSPS) is 21.0. The number of rotatable bonds is 3. The first-order chi connectivity index (χ1) is 11.5. The molecule has 0 fully saturated rings. The minimum absolute atomic E-state index is 0.229. The van der Waals surface area contributed by atoms with Gasteiger partial charge in [0.1, 0.15) is 17.4 Å². The maximum Gasteiger partial charge on any atom is 0.293 e. The molecule has 2 unspecified atom stereocenters. The summed E-state index contributed by atoms with van der Waals surface area (Å²) in [6.07, 6.45) is 0.912. The molecular formula is C18H16N2O4. The van der Waals surface area contributed by atoms with Crippen molar-refractivity contribution in [1.29, 1.82) is 5.26 Å². The second kappa shape index (κ2) is 5.85. The van der Waals surface area contributed by atoms with E-state index in [1.165, 1.54) is 10.6 Å². The number of nitrogens with zero attached hydrogens (tertiary/aromatic N) is 2. The van der Waals surface area contributed by atoms with E-state index < -0.39 is 17.7 Å². The smallest absolute Gasteiger partial charge is 0.293 e. The van der Waals surface area contributed by atoms with E-state index in [0.717, 1.165) is 0 Å². The molecule has 1 aromatic heterocycles. The van der Waals surface area contributed by atoms with Crippen LogP contribution in [0.5, 0.6) is 5.75 Å². The van der Waals surface area contributed by atoms with Crippen LogP contribution in [0.1, 0.15) is 31.0 Å². The van der Waals surface area contributed by atoms with Gasteiger partial charge in [-0.1, -0.05) is 6.07 Å². The van der Waals surface area contributed by atoms with Crippen molar-refractivity contribution in [3.8, 4) is 11.8 Å². The van der Waals surface area contributed by atoms with Crippen molar-refractivity contribution in [3.05, 3.63) is 64.1 Å². The monoisotopic (exact) mass is 324 g/mol. The van der Waals surface area contributed by atoms with Crippen molar-refractivity contribution in [1.82, 2.24) is 4.57 Å². The molecule has 6 nitrogen and oxygen atoms in total. The molecule has 6 heteroatoms. The van der Waals surface area contributed by atoms with Crippen molar-refractivity contribution in [2.75, 3.05) is 0 Å². The van der Waals surface area contributed by atoms with Gasteiger partial charge in [-0.2, -0.15) is 5.26 Å². The van der Waals surface area contributed by atoms with E-state index in [0.29, 0.717) is 23.3 Å². The van der Waals surface area contributed by atoms with E-state index >= 15 is 0 Å². The molecule has 0 N–H and O–H groups in total. The molecule has 2 heterocycles. The summed E-state index contributed by atoms with van der Waals surface area (Å²) in [5.41, 5.74) is -0.000383. The zero-order chi connectivity index (χ0) is 17.3. The highest BCUT2D eigenvalue weighted by molar-refractivity contribution is 5.48. The number of carbonyl (C=O) groups excluding carboxylic acids is 1. The molecule has 0 bridgehead atoms. The summed E-state index contributed by atoms with van der Waals surface area (Å²) in [6, 6.07) is 11.3. The van der Waals surface area contributed by atoms with Crippen molar-refractivity contribution < 1.29 is 14.3 Å². The maximum atomic E-state index is 12.4. The van der Waals surface area contributed by atoms with Gasteiger partial charge in [0.2, 0.25) is 0 Å². The lowest BCUT2D eigenvalue weighted by Gasteiger charge is -2.43. The molecule has 1 aromatic carbocycles. The van der Waals surface area contributed by atoms with Crippen LogP contribution >= 0.6 is 0 Å². The van der Waals surface area contributed by atoms with Gasteiger partial charge in [0.05, 0.1) is 11.6 Å². The molecule has 0 aliphatic carbocycles. The summed E-state index contributed by atoms with van der Waals surface area (Å²) in [4.78, 5) is 23.4. The Balaban J connectivity index is 2.28. The van der Waals surface area contributed by atoms with Crippen LogP contribution in [0.2, 0.25) is 0 Å². The maximum absolute atomic E-state index is 12.4. The van der Waals surface area contributed by atoms with Crippen LogP contribution in [0, 0.1) is 11.3 Å². The van der Waals surface area contributed by atoms with Gasteiger partial charge in [0, 0.05) is 17.8 Å². The van der Waals surface area contributed by atoms with Gasteiger partial charge in [-0.25, -0.2) is 0 Å². The van der Waals surface area contributed by atoms with E-state index in [4.69, 9.17) is 9.47 Å². The van der Waals surface area contributed by atoms with Gasteiger partial charge in [-0.15, -0.1) is 0 Å². The van der Waals surface area contributed by atoms with Crippen LogP contribution in [-0.4, -0.2) is 22.7 Å². The number of hydrogen-bond donors (Lipinski definition) is 0. The summed E-state index contributed by atoms with van der Waals surface area (Å²) in [5.74, 6) is 0.561. The predicted octanol–water partition coefficient (Wildman–Crippen LogP) is 2.02. The highest BCUT2D eigenvalue weighted by atomic mass is 16.6. The molecule has 24 heavy (non-hydrogen) atoms. The average molecular weight is 324 g/mol. The van der Waals surface area contributed by atoms with E-state index in [2.05, 4.69) is 6.07 Å². The van der Waals surface area contributed by atoms with E-state index in [1.54, 1.807) is 50.4 Å². The number of aromatic nitrogens is 1. The molecular weight excluding hydrogens is 308 g/mol. The molecule has 0 radical (unpaired) electrons. The van der Waals surface area contributed by atoms with Crippen LogP contribution in [0.25, 0.3) is 0 Å². The Morgan fingerprint density at radius 1 is 1.33 bits per heavy atom. The van der Waals surface area contributed by atoms with E-state index in [1.807, 2.05) is 0 Å². The fourth-order valence-corrected chi connectivity index (χ4v) is 3.09. The van der Waals surface area contributed by atoms with Gasteiger partial charge in [-0.3, -0.25) is 9.59 Å². The second-order valence-electron chi connectivity index (χ2n) is 6.11. The van der Waals surface area contributed by atoms with Crippen LogP contribution in [0.4, 0.5) is 0 Å². The lowest BCUT2D eigenvalue weighted by atomic mass is 9.85. The first kappa shape index (κ1) is 15.8. The van der Waals surface area contributed by atoms with Gasteiger partial charge in [0.25, 0.3) is 12.0 Å². The minimum atomic E-state index is -0.845. The Hall–Kier alpha value is -3.07. The summed E-state index contributed by atoms with van der Waals surface area (Å²) >= 11 is 0. The average Bonchev–Trinajstić information content (AvgIpc) is 2.56. The van der Waals surface area contributed by atoms with Crippen molar-refractivity contribution in [2.45, 2.75) is 31.6 Å². The highest BCUT2D eigenvalue weighted by Crippen LogP contribution is 2.43. The largest absolute Gasteiger partial charge is 0.484 e. The number of ether oxygens (including phenoxy) is 2.